The zero-order valence-corrected chi connectivity index (χ0v) is 16.8. The van der Waals surface area contributed by atoms with Crippen molar-refractivity contribution in [3.05, 3.63) is 77.3 Å². The van der Waals surface area contributed by atoms with Crippen LogP contribution in [0.4, 0.5) is 5.95 Å². The first-order chi connectivity index (χ1) is 14.7. The predicted molar refractivity (Wildman–Crippen MR) is 112 cm³/mol. The van der Waals surface area contributed by atoms with Gasteiger partial charge in [0.2, 0.25) is 5.95 Å². The highest BCUT2D eigenvalue weighted by Gasteiger charge is 2.40. The van der Waals surface area contributed by atoms with Crippen LogP contribution in [0.15, 0.2) is 66.1 Å². The third kappa shape index (κ3) is 2.94. The van der Waals surface area contributed by atoms with Crippen molar-refractivity contribution in [2.24, 2.45) is 0 Å². The van der Waals surface area contributed by atoms with Crippen LogP contribution in [0.2, 0.25) is 0 Å². The molecule has 5 rings (SSSR count). The molecule has 2 atom stereocenters. The van der Waals surface area contributed by atoms with Crippen LogP contribution in [0.5, 0.6) is 11.5 Å². The van der Waals surface area contributed by atoms with E-state index in [9.17, 15) is 4.79 Å². The molecule has 1 N–H and O–H groups in total. The minimum Gasteiger partial charge on any atom is -0.497 e. The zero-order chi connectivity index (χ0) is 20.7. The Kier molecular flexibility index (Phi) is 4.50. The minimum absolute atomic E-state index is 0.113. The van der Waals surface area contributed by atoms with Crippen LogP contribution in [0.1, 0.15) is 35.9 Å². The summed E-state index contributed by atoms with van der Waals surface area (Å²) in [6.45, 7) is 0. The van der Waals surface area contributed by atoms with Gasteiger partial charge >= 0.3 is 0 Å². The molecule has 7 nitrogen and oxygen atoms in total. The first-order valence-corrected chi connectivity index (χ1v) is 9.89. The Balaban J connectivity index is 1.63. The fourth-order valence-corrected chi connectivity index (χ4v) is 4.44. The number of aromatic nitrogens is 3. The number of rotatable bonds is 4. The number of hydrogen-bond acceptors (Lipinski definition) is 6. The molecule has 152 valence electrons. The summed E-state index contributed by atoms with van der Waals surface area (Å²) in [5, 5.41) is 7.76. The maximum absolute atomic E-state index is 13.4. The lowest BCUT2D eigenvalue weighted by atomic mass is 9.78. The normalized spacial score (nSPS) is 20.3. The van der Waals surface area contributed by atoms with Gasteiger partial charge in [-0.2, -0.15) is 10.1 Å². The number of ketones is 1. The molecule has 0 saturated carbocycles. The third-order valence-electron chi connectivity index (χ3n) is 5.87. The Labute approximate surface area is 174 Å². The van der Waals surface area contributed by atoms with Crippen LogP contribution in [0.3, 0.4) is 0 Å². The lowest BCUT2D eigenvalue weighted by Crippen LogP contribution is -2.33. The number of nitrogens with zero attached hydrogens (tertiary/aromatic N) is 3. The second-order valence-electron chi connectivity index (χ2n) is 7.49. The van der Waals surface area contributed by atoms with Crippen molar-refractivity contribution >= 4 is 11.7 Å². The van der Waals surface area contributed by atoms with Crippen LogP contribution in [0, 0.1) is 0 Å². The van der Waals surface area contributed by atoms with Crippen molar-refractivity contribution < 1.29 is 14.3 Å². The van der Waals surface area contributed by atoms with Crippen molar-refractivity contribution in [1.82, 2.24) is 14.8 Å². The van der Waals surface area contributed by atoms with E-state index in [0.717, 1.165) is 23.3 Å². The molecule has 0 bridgehead atoms. The lowest BCUT2D eigenvalue weighted by molar-refractivity contribution is -0.116. The molecule has 2 aliphatic rings. The maximum Gasteiger partial charge on any atom is 0.226 e. The Hall–Kier alpha value is -3.61. The van der Waals surface area contributed by atoms with Crippen LogP contribution < -0.4 is 14.8 Å². The molecule has 30 heavy (non-hydrogen) atoms. The van der Waals surface area contributed by atoms with E-state index in [-0.39, 0.29) is 11.7 Å². The molecule has 0 fully saturated rings. The fraction of sp³-hybridized carbons (Fsp3) is 0.261. The highest BCUT2D eigenvalue weighted by Crippen LogP contribution is 2.46. The molecule has 3 aromatic rings. The number of nitrogens with one attached hydrogen (secondary N) is 1. The SMILES string of the molecule is COc1ccc(C2C3=C(CC(c4ccccc4)CC3=O)Nc3ncnn32)c(OC)c1. The molecule has 0 radical (unpaired) electrons. The second-order valence-corrected chi connectivity index (χ2v) is 7.49. The second kappa shape index (κ2) is 7.33. The minimum atomic E-state index is -0.399. The standard InChI is InChI=1S/C23H22N4O3/c1-29-16-8-9-17(20(12-16)30-2)22-21-18(26-23-24-13-25-27(22)23)10-15(11-19(21)28)14-6-4-3-5-7-14/h3-9,12-13,15,22H,10-11H2,1-2H3,(H,24,25,26). The largest absolute Gasteiger partial charge is 0.497 e. The van der Waals surface area contributed by atoms with E-state index in [4.69, 9.17) is 9.47 Å². The summed E-state index contributed by atoms with van der Waals surface area (Å²) in [5.74, 6) is 2.21. The van der Waals surface area contributed by atoms with Crippen LogP contribution in [0.25, 0.3) is 0 Å². The van der Waals surface area contributed by atoms with Gasteiger partial charge in [-0.25, -0.2) is 4.68 Å². The average molecular weight is 402 g/mol. The summed E-state index contributed by atoms with van der Waals surface area (Å²) in [4.78, 5) is 17.8. The number of allylic oxidation sites excluding steroid dienone is 2. The summed E-state index contributed by atoms with van der Waals surface area (Å²) in [6.07, 6.45) is 2.71. The Morgan fingerprint density at radius 3 is 2.67 bits per heavy atom. The van der Waals surface area contributed by atoms with Gasteiger partial charge in [-0.3, -0.25) is 4.79 Å². The molecule has 0 saturated heterocycles. The van der Waals surface area contributed by atoms with Crippen LogP contribution >= 0.6 is 0 Å². The number of carbonyl (C=O) groups excluding carboxylic acids is 1. The molecule has 7 heteroatoms. The van der Waals surface area contributed by atoms with E-state index in [0.29, 0.717) is 23.9 Å². The van der Waals surface area contributed by atoms with Gasteiger partial charge in [0, 0.05) is 29.3 Å². The number of anilines is 1. The van der Waals surface area contributed by atoms with Gasteiger partial charge in [-0.1, -0.05) is 30.3 Å². The summed E-state index contributed by atoms with van der Waals surface area (Å²) >= 11 is 0. The molecular formula is C23H22N4O3. The first-order valence-electron chi connectivity index (χ1n) is 9.89. The van der Waals surface area contributed by atoms with Crippen LogP contribution in [-0.4, -0.2) is 34.8 Å². The summed E-state index contributed by atoms with van der Waals surface area (Å²) in [7, 11) is 3.23. The first kappa shape index (κ1) is 18.4. The van der Waals surface area contributed by atoms with Gasteiger partial charge in [0.1, 0.15) is 23.9 Å². The van der Waals surface area contributed by atoms with E-state index in [2.05, 4.69) is 27.5 Å². The van der Waals surface area contributed by atoms with Crippen molar-refractivity contribution in [2.75, 3.05) is 19.5 Å². The maximum atomic E-state index is 13.4. The van der Waals surface area contributed by atoms with Gasteiger partial charge in [0.25, 0.3) is 0 Å². The molecule has 1 aliphatic heterocycles. The number of fused-ring (bicyclic) bond motifs is 1. The Bertz CT molecular complexity index is 1140. The highest BCUT2D eigenvalue weighted by molar-refractivity contribution is 6.00. The molecule has 1 aliphatic carbocycles. The third-order valence-corrected chi connectivity index (χ3v) is 5.87. The average Bonchev–Trinajstić information content (AvgIpc) is 3.26. The number of carbonyl (C=O) groups is 1. The highest BCUT2D eigenvalue weighted by atomic mass is 16.5. The van der Waals surface area contributed by atoms with E-state index in [1.807, 2.05) is 36.4 Å². The van der Waals surface area contributed by atoms with Crippen molar-refractivity contribution in [1.29, 1.82) is 0 Å². The smallest absolute Gasteiger partial charge is 0.226 e. The van der Waals surface area contributed by atoms with Crippen molar-refractivity contribution in [3.63, 3.8) is 0 Å². The predicted octanol–water partition coefficient (Wildman–Crippen LogP) is 3.71. The lowest BCUT2D eigenvalue weighted by Gasteiger charge is -2.35. The molecular weight excluding hydrogens is 380 g/mol. The van der Waals surface area contributed by atoms with Crippen molar-refractivity contribution in [3.8, 4) is 11.5 Å². The number of Topliss-reactive ketones (excluding diaryl/α,β-unsaturated/α-hetero) is 1. The summed E-state index contributed by atoms with van der Waals surface area (Å²) < 4.78 is 12.7. The van der Waals surface area contributed by atoms with Gasteiger partial charge < -0.3 is 14.8 Å². The summed E-state index contributed by atoms with van der Waals surface area (Å²) in [6, 6.07) is 15.4. The molecule has 2 unspecified atom stereocenters. The number of methoxy groups -OCH3 is 2. The Morgan fingerprint density at radius 1 is 1.07 bits per heavy atom. The number of hydrogen-bond donors (Lipinski definition) is 1. The van der Waals surface area contributed by atoms with Gasteiger partial charge in [-0.05, 0) is 30.0 Å². The van der Waals surface area contributed by atoms with E-state index in [1.54, 1.807) is 18.9 Å². The molecule has 2 heterocycles. The quantitative estimate of drug-likeness (QED) is 0.717. The van der Waals surface area contributed by atoms with Gasteiger partial charge in [0.15, 0.2) is 5.78 Å². The van der Waals surface area contributed by atoms with E-state index in [1.165, 1.54) is 11.9 Å². The van der Waals surface area contributed by atoms with Gasteiger partial charge in [0.05, 0.1) is 14.2 Å². The zero-order valence-electron chi connectivity index (χ0n) is 16.8. The Morgan fingerprint density at radius 2 is 1.90 bits per heavy atom. The fourth-order valence-electron chi connectivity index (χ4n) is 4.44. The topological polar surface area (TPSA) is 78.3 Å². The van der Waals surface area contributed by atoms with E-state index >= 15 is 0 Å². The summed E-state index contributed by atoms with van der Waals surface area (Å²) in [5.41, 5.74) is 3.66. The monoisotopic (exact) mass is 402 g/mol. The molecule has 0 spiro atoms. The van der Waals surface area contributed by atoms with Crippen LogP contribution in [-0.2, 0) is 4.79 Å². The number of ether oxygens (including phenoxy) is 2. The number of benzene rings is 2. The molecule has 2 aromatic carbocycles. The van der Waals surface area contributed by atoms with Gasteiger partial charge in [-0.15, -0.1) is 0 Å². The molecule has 0 amide bonds. The van der Waals surface area contributed by atoms with Crippen molar-refractivity contribution in [2.45, 2.75) is 24.8 Å². The van der Waals surface area contributed by atoms with E-state index < -0.39 is 6.04 Å². The molecule has 1 aromatic heterocycles.